The molecule has 0 heterocycles. The molecular formula is C14H10ClF3N2. The summed E-state index contributed by atoms with van der Waals surface area (Å²) in [6.07, 6.45) is -3.00. The molecule has 2 rings (SSSR count). The molecule has 0 saturated heterocycles. The molecule has 0 radical (unpaired) electrons. The third kappa shape index (κ3) is 3.74. The Morgan fingerprint density at radius 3 is 2.30 bits per heavy atom. The van der Waals surface area contributed by atoms with Gasteiger partial charge in [-0.05, 0) is 29.8 Å². The number of hydrogen-bond donors (Lipinski definition) is 1. The van der Waals surface area contributed by atoms with Gasteiger partial charge in [-0.1, -0.05) is 35.9 Å². The van der Waals surface area contributed by atoms with E-state index in [0.717, 1.165) is 11.6 Å². The summed E-state index contributed by atoms with van der Waals surface area (Å²) >= 11 is 5.73. The fourth-order valence-electron chi connectivity index (χ4n) is 1.55. The fraction of sp³-hybridized carbons (Fsp3) is 0.0714. The Bertz CT molecular complexity index is 607. The van der Waals surface area contributed by atoms with Gasteiger partial charge in [0.2, 0.25) is 0 Å². The normalized spacial score (nSPS) is 11.8. The summed E-state index contributed by atoms with van der Waals surface area (Å²) in [4.78, 5) is 0. The minimum Gasteiger partial charge on any atom is -0.278 e. The molecule has 0 aliphatic heterocycles. The van der Waals surface area contributed by atoms with E-state index in [1.807, 2.05) is 0 Å². The van der Waals surface area contributed by atoms with E-state index in [0.29, 0.717) is 5.02 Å². The van der Waals surface area contributed by atoms with Crippen LogP contribution in [0.2, 0.25) is 5.02 Å². The van der Waals surface area contributed by atoms with Gasteiger partial charge in [-0.2, -0.15) is 18.3 Å². The number of anilines is 1. The van der Waals surface area contributed by atoms with Gasteiger partial charge in [-0.25, -0.2) is 0 Å². The Hall–Kier alpha value is -2.01. The molecule has 2 aromatic rings. The van der Waals surface area contributed by atoms with Crippen LogP contribution in [0.3, 0.4) is 0 Å². The average molecular weight is 299 g/mol. The summed E-state index contributed by atoms with van der Waals surface area (Å²) in [5.74, 6) is 0. The molecule has 20 heavy (non-hydrogen) atoms. The van der Waals surface area contributed by atoms with E-state index in [1.54, 1.807) is 24.3 Å². The Kier molecular flexibility index (Phi) is 4.29. The Morgan fingerprint density at radius 2 is 1.65 bits per heavy atom. The maximum absolute atomic E-state index is 12.7. The number of para-hydroxylation sites is 1. The van der Waals surface area contributed by atoms with Crippen molar-refractivity contribution in [3.8, 4) is 0 Å². The predicted octanol–water partition coefficient (Wildman–Crippen LogP) is 4.80. The SMILES string of the molecule is FC(F)(F)c1ccccc1NN=Cc1ccc(Cl)cc1. The van der Waals surface area contributed by atoms with Gasteiger partial charge in [0.25, 0.3) is 0 Å². The molecule has 0 fully saturated rings. The van der Waals surface area contributed by atoms with Gasteiger partial charge in [-0.3, -0.25) is 5.43 Å². The van der Waals surface area contributed by atoms with Crippen LogP contribution in [0.4, 0.5) is 18.9 Å². The number of nitrogens with zero attached hydrogens (tertiary/aromatic N) is 1. The van der Waals surface area contributed by atoms with E-state index in [2.05, 4.69) is 10.5 Å². The number of alkyl halides is 3. The molecule has 1 N–H and O–H groups in total. The summed E-state index contributed by atoms with van der Waals surface area (Å²) in [6.45, 7) is 0. The molecule has 0 unspecified atom stereocenters. The molecule has 0 spiro atoms. The molecule has 6 heteroatoms. The first-order chi connectivity index (χ1) is 9.47. The lowest BCUT2D eigenvalue weighted by atomic mass is 10.2. The van der Waals surface area contributed by atoms with Crippen LogP contribution in [0.1, 0.15) is 11.1 Å². The Labute approximate surface area is 118 Å². The lowest BCUT2D eigenvalue weighted by Crippen LogP contribution is -2.08. The first-order valence-corrected chi connectivity index (χ1v) is 6.05. The van der Waals surface area contributed by atoms with Crippen LogP contribution >= 0.6 is 11.6 Å². The van der Waals surface area contributed by atoms with Crippen molar-refractivity contribution < 1.29 is 13.2 Å². The van der Waals surface area contributed by atoms with Crippen LogP contribution in [-0.4, -0.2) is 6.21 Å². The quantitative estimate of drug-likeness (QED) is 0.638. The van der Waals surface area contributed by atoms with Crippen molar-refractivity contribution in [1.29, 1.82) is 0 Å². The molecule has 0 amide bonds. The minimum absolute atomic E-state index is 0.0924. The predicted molar refractivity (Wildman–Crippen MR) is 74.1 cm³/mol. The van der Waals surface area contributed by atoms with Crippen LogP contribution in [0.15, 0.2) is 53.6 Å². The average Bonchev–Trinajstić information content (AvgIpc) is 2.40. The highest BCUT2D eigenvalue weighted by Crippen LogP contribution is 2.34. The molecule has 104 valence electrons. The van der Waals surface area contributed by atoms with Crippen molar-refractivity contribution in [3.05, 3.63) is 64.7 Å². The summed E-state index contributed by atoms with van der Waals surface area (Å²) in [7, 11) is 0. The molecular weight excluding hydrogens is 289 g/mol. The van der Waals surface area contributed by atoms with E-state index in [-0.39, 0.29) is 5.69 Å². The van der Waals surface area contributed by atoms with Crippen molar-refractivity contribution in [2.24, 2.45) is 5.10 Å². The largest absolute Gasteiger partial charge is 0.418 e. The van der Waals surface area contributed by atoms with E-state index >= 15 is 0 Å². The van der Waals surface area contributed by atoms with Crippen LogP contribution in [0, 0.1) is 0 Å². The van der Waals surface area contributed by atoms with E-state index in [9.17, 15) is 13.2 Å². The zero-order valence-electron chi connectivity index (χ0n) is 10.2. The zero-order chi connectivity index (χ0) is 14.6. The van der Waals surface area contributed by atoms with E-state index in [1.165, 1.54) is 24.4 Å². The zero-order valence-corrected chi connectivity index (χ0v) is 10.9. The van der Waals surface area contributed by atoms with E-state index < -0.39 is 11.7 Å². The molecule has 2 nitrogen and oxygen atoms in total. The topological polar surface area (TPSA) is 24.4 Å². The van der Waals surface area contributed by atoms with Crippen LogP contribution in [0.25, 0.3) is 0 Å². The van der Waals surface area contributed by atoms with Gasteiger partial charge >= 0.3 is 6.18 Å². The molecule has 0 aliphatic rings. The summed E-state index contributed by atoms with van der Waals surface area (Å²) in [6, 6.07) is 11.9. The number of hydrogen-bond acceptors (Lipinski definition) is 2. The smallest absolute Gasteiger partial charge is 0.278 e. The van der Waals surface area contributed by atoms with Crippen LogP contribution in [-0.2, 0) is 6.18 Å². The van der Waals surface area contributed by atoms with Crippen LogP contribution in [0.5, 0.6) is 0 Å². The molecule has 0 saturated carbocycles. The lowest BCUT2D eigenvalue weighted by Gasteiger charge is -2.11. The maximum atomic E-state index is 12.7. The summed E-state index contributed by atoms with van der Waals surface area (Å²) in [5.41, 5.74) is 2.28. The van der Waals surface area contributed by atoms with Crippen molar-refractivity contribution in [3.63, 3.8) is 0 Å². The molecule has 0 aromatic heterocycles. The molecule has 0 bridgehead atoms. The van der Waals surface area contributed by atoms with Gasteiger partial charge < -0.3 is 0 Å². The van der Waals surface area contributed by atoms with E-state index in [4.69, 9.17) is 11.6 Å². The Morgan fingerprint density at radius 1 is 1.00 bits per heavy atom. The lowest BCUT2D eigenvalue weighted by molar-refractivity contribution is -0.136. The second-order valence-electron chi connectivity index (χ2n) is 3.96. The molecule has 0 aliphatic carbocycles. The van der Waals surface area contributed by atoms with Gasteiger partial charge in [0, 0.05) is 5.02 Å². The van der Waals surface area contributed by atoms with Crippen molar-refractivity contribution in [1.82, 2.24) is 0 Å². The molecule has 2 aromatic carbocycles. The van der Waals surface area contributed by atoms with Crippen molar-refractivity contribution in [2.75, 3.05) is 5.43 Å². The summed E-state index contributed by atoms with van der Waals surface area (Å²) in [5, 5.41) is 4.38. The number of halogens is 4. The first kappa shape index (κ1) is 14.4. The highest BCUT2D eigenvalue weighted by Gasteiger charge is 2.33. The second-order valence-corrected chi connectivity index (χ2v) is 4.40. The monoisotopic (exact) mass is 298 g/mol. The number of nitrogens with one attached hydrogen (secondary N) is 1. The minimum atomic E-state index is -4.42. The first-order valence-electron chi connectivity index (χ1n) is 5.68. The van der Waals surface area contributed by atoms with Gasteiger partial charge in [0.1, 0.15) is 0 Å². The third-order valence-corrected chi connectivity index (χ3v) is 2.75. The molecule has 0 atom stereocenters. The standard InChI is InChI=1S/C14H10ClF3N2/c15-11-7-5-10(6-8-11)9-19-20-13-4-2-1-3-12(13)14(16,17)18/h1-9,20H. The number of hydrazone groups is 1. The van der Waals surface area contributed by atoms with Crippen molar-refractivity contribution in [2.45, 2.75) is 6.18 Å². The maximum Gasteiger partial charge on any atom is 0.418 e. The fourth-order valence-corrected chi connectivity index (χ4v) is 1.68. The Balaban J connectivity index is 2.13. The number of rotatable bonds is 3. The highest BCUT2D eigenvalue weighted by molar-refractivity contribution is 6.30. The second kappa shape index (κ2) is 5.96. The van der Waals surface area contributed by atoms with Gasteiger partial charge in [0.05, 0.1) is 17.5 Å². The summed E-state index contributed by atoms with van der Waals surface area (Å²) < 4.78 is 38.2. The third-order valence-electron chi connectivity index (χ3n) is 2.50. The number of benzene rings is 2. The van der Waals surface area contributed by atoms with Crippen LogP contribution < -0.4 is 5.43 Å². The van der Waals surface area contributed by atoms with Crippen molar-refractivity contribution >= 4 is 23.5 Å². The van der Waals surface area contributed by atoms with Gasteiger partial charge in [-0.15, -0.1) is 0 Å². The van der Waals surface area contributed by atoms with Gasteiger partial charge in [0.15, 0.2) is 0 Å². The highest BCUT2D eigenvalue weighted by atomic mass is 35.5.